The molecule has 0 unspecified atom stereocenters. The number of rotatable bonds is 2. The van der Waals surface area contributed by atoms with Crippen LogP contribution in [0.3, 0.4) is 0 Å². The number of hydrogen-bond donors (Lipinski definition) is 2. The zero-order valence-corrected chi connectivity index (χ0v) is 11.2. The molecule has 0 aliphatic carbocycles. The molecule has 0 aromatic heterocycles. The fraction of sp³-hybridized carbons (Fsp3) is 0.500. The molecule has 0 atom stereocenters. The van der Waals surface area contributed by atoms with Gasteiger partial charge in [-0.3, -0.25) is 4.79 Å². The summed E-state index contributed by atoms with van der Waals surface area (Å²) in [5.41, 5.74) is 1.08. The van der Waals surface area contributed by atoms with Gasteiger partial charge >= 0.3 is 0 Å². The maximum Gasteiger partial charge on any atom is 0.229 e. The molecule has 17 heavy (non-hydrogen) atoms. The second-order valence-corrected chi connectivity index (χ2v) is 5.63. The van der Waals surface area contributed by atoms with Gasteiger partial charge < -0.3 is 10.4 Å². The predicted octanol–water partition coefficient (Wildman–Crippen LogP) is 3.50. The van der Waals surface area contributed by atoms with Crippen LogP contribution < -0.4 is 5.32 Å². The van der Waals surface area contributed by atoms with Gasteiger partial charge in [0.2, 0.25) is 5.91 Å². The molecule has 1 aromatic rings. The van der Waals surface area contributed by atoms with Gasteiger partial charge in [-0.1, -0.05) is 40.7 Å². The number of phenolic OH excluding ortho intramolecular Hbond substituents is 1. The number of carbonyl (C=O) groups excluding carboxylic acids is 1. The molecule has 0 bridgehead atoms. The molecule has 3 nitrogen and oxygen atoms in total. The number of phenols is 1. The number of hydrogen-bond acceptors (Lipinski definition) is 2. The Kier molecular flexibility index (Phi) is 3.81. The number of carbonyl (C=O) groups is 1. The van der Waals surface area contributed by atoms with E-state index in [2.05, 4.69) is 5.32 Å². The summed E-state index contributed by atoms with van der Waals surface area (Å²) < 4.78 is 0. The lowest BCUT2D eigenvalue weighted by atomic mass is 9.95. The van der Waals surface area contributed by atoms with Crippen LogP contribution in [0.25, 0.3) is 0 Å². The van der Waals surface area contributed by atoms with Gasteiger partial charge in [-0.15, -0.1) is 0 Å². The Labute approximate surface area is 103 Å². The SMILES string of the molecule is CC(C)c1ccc(NC(=O)C(C)(C)C)cc1O. The first kappa shape index (κ1) is 13.6. The highest BCUT2D eigenvalue weighted by atomic mass is 16.3. The molecule has 3 heteroatoms. The Balaban J connectivity index is 2.89. The molecular weight excluding hydrogens is 214 g/mol. The van der Waals surface area contributed by atoms with E-state index in [9.17, 15) is 9.90 Å². The van der Waals surface area contributed by atoms with Gasteiger partial charge in [0.25, 0.3) is 0 Å². The predicted molar refractivity (Wildman–Crippen MR) is 70.3 cm³/mol. The molecule has 0 aliphatic heterocycles. The first-order valence-electron chi connectivity index (χ1n) is 5.86. The highest BCUT2D eigenvalue weighted by Crippen LogP contribution is 2.28. The van der Waals surface area contributed by atoms with Crippen LogP contribution in [0.5, 0.6) is 5.75 Å². The summed E-state index contributed by atoms with van der Waals surface area (Å²) in [6.45, 7) is 9.59. The van der Waals surface area contributed by atoms with Gasteiger partial charge in [-0.2, -0.15) is 0 Å². The summed E-state index contributed by atoms with van der Waals surface area (Å²) in [6, 6.07) is 5.26. The zero-order valence-electron chi connectivity index (χ0n) is 11.2. The summed E-state index contributed by atoms with van der Waals surface area (Å²) in [5.74, 6) is 0.434. The molecular formula is C14H21NO2. The van der Waals surface area contributed by atoms with Crippen molar-refractivity contribution in [3.63, 3.8) is 0 Å². The van der Waals surface area contributed by atoms with Crippen molar-refractivity contribution in [1.82, 2.24) is 0 Å². The minimum atomic E-state index is -0.438. The molecule has 1 rings (SSSR count). The number of amides is 1. The lowest BCUT2D eigenvalue weighted by Crippen LogP contribution is -2.27. The Morgan fingerprint density at radius 1 is 1.29 bits per heavy atom. The quantitative estimate of drug-likeness (QED) is 0.824. The maximum atomic E-state index is 11.8. The van der Waals surface area contributed by atoms with E-state index in [0.29, 0.717) is 5.69 Å². The van der Waals surface area contributed by atoms with Crippen molar-refractivity contribution in [2.24, 2.45) is 5.41 Å². The van der Waals surface area contributed by atoms with Crippen LogP contribution in [-0.4, -0.2) is 11.0 Å². The van der Waals surface area contributed by atoms with E-state index in [0.717, 1.165) is 5.56 Å². The van der Waals surface area contributed by atoms with Crippen molar-refractivity contribution in [2.75, 3.05) is 5.32 Å². The van der Waals surface area contributed by atoms with Crippen molar-refractivity contribution < 1.29 is 9.90 Å². The third-order valence-electron chi connectivity index (χ3n) is 2.59. The summed E-state index contributed by atoms with van der Waals surface area (Å²) in [5, 5.41) is 12.6. The van der Waals surface area contributed by atoms with Gasteiger partial charge in [0.05, 0.1) is 0 Å². The third-order valence-corrected chi connectivity index (χ3v) is 2.59. The summed E-state index contributed by atoms with van der Waals surface area (Å²) in [6.07, 6.45) is 0. The van der Waals surface area contributed by atoms with E-state index in [1.165, 1.54) is 0 Å². The summed E-state index contributed by atoms with van der Waals surface area (Å²) in [7, 11) is 0. The van der Waals surface area contributed by atoms with Gasteiger partial charge in [-0.25, -0.2) is 0 Å². The van der Waals surface area contributed by atoms with Crippen molar-refractivity contribution >= 4 is 11.6 Å². The van der Waals surface area contributed by atoms with Crippen LogP contribution in [0, 0.1) is 5.41 Å². The number of benzene rings is 1. The standard InChI is InChI=1S/C14H21NO2/c1-9(2)11-7-6-10(8-12(11)16)15-13(17)14(3,4)5/h6-9,16H,1-5H3,(H,15,17). The number of anilines is 1. The van der Waals surface area contributed by atoms with Crippen LogP contribution in [-0.2, 0) is 4.79 Å². The van der Waals surface area contributed by atoms with E-state index in [-0.39, 0.29) is 17.6 Å². The highest BCUT2D eigenvalue weighted by Gasteiger charge is 2.21. The third kappa shape index (κ3) is 3.48. The Bertz CT molecular complexity index is 417. The van der Waals surface area contributed by atoms with Crippen molar-refractivity contribution in [1.29, 1.82) is 0 Å². The molecule has 94 valence electrons. The van der Waals surface area contributed by atoms with Gasteiger partial charge in [0.15, 0.2) is 0 Å². The molecule has 0 saturated heterocycles. The number of aromatic hydroxyl groups is 1. The molecule has 0 saturated carbocycles. The van der Waals surface area contributed by atoms with Gasteiger partial charge in [-0.05, 0) is 17.5 Å². The van der Waals surface area contributed by atoms with E-state index in [4.69, 9.17) is 0 Å². The molecule has 2 N–H and O–H groups in total. The van der Waals surface area contributed by atoms with Gasteiger partial charge in [0.1, 0.15) is 5.75 Å². The fourth-order valence-electron chi connectivity index (χ4n) is 1.43. The van der Waals surface area contributed by atoms with Crippen LogP contribution in [0.4, 0.5) is 5.69 Å². The lowest BCUT2D eigenvalue weighted by Gasteiger charge is -2.18. The molecule has 0 heterocycles. The van der Waals surface area contributed by atoms with Crippen LogP contribution in [0.15, 0.2) is 18.2 Å². The monoisotopic (exact) mass is 235 g/mol. The molecule has 1 aromatic carbocycles. The summed E-state index contributed by atoms with van der Waals surface area (Å²) in [4.78, 5) is 11.8. The minimum absolute atomic E-state index is 0.0609. The van der Waals surface area contributed by atoms with E-state index in [1.54, 1.807) is 6.07 Å². The Morgan fingerprint density at radius 2 is 1.88 bits per heavy atom. The van der Waals surface area contributed by atoms with Gasteiger partial charge in [0, 0.05) is 17.2 Å². The van der Waals surface area contributed by atoms with Crippen molar-refractivity contribution in [2.45, 2.75) is 40.5 Å². The normalized spacial score (nSPS) is 11.6. The zero-order chi connectivity index (χ0) is 13.2. The lowest BCUT2D eigenvalue weighted by molar-refractivity contribution is -0.123. The van der Waals surface area contributed by atoms with Crippen LogP contribution in [0.2, 0.25) is 0 Å². The van der Waals surface area contributed by atoms with E-state index < -0.39 is 5.41 Å². The van der Waals surface area contributed by atoms with Crippen molar-refractivity contribution in [3.8, 4) is 5.75 Å². The average Bonchev–Trinajstić information content (AvgIpc) is 2.15. The summed E-state index contributed by atoms with van der Waals surface area (Å²) >= 11 is 0. The molecule has 0 fully saturated rings. The number of nitrogens with one attached hydrogen (secondary N) is 1. The first-order chi connectivity index (χ1) is 7.71. The largest absolute Gasteiger partial charge is 0.508 e. The topological polar surface area (TPSA) is 49.3 Å². The molecule has 0 radical (unpaired) electrons. The Hall–Kier alpha value is -1.51. The first-order valence-corrected chi connectivity index (χ1v) is 5.86. The smallest absolute Gasteiger partial charge is 0.229 e. The molecule has 0 spiro atoms. The highest BCUT2D eigenvalue weighted by molar-refractivity contribution is 5.94. The average molecular weight is 235 g/mol. The van der Waals surface area contributed by atoms with Crippen LogP contribution >= 0.6 is 0 Å². The Morgan fingerprint density at radius 3 is 2.29 bits per heavy atom. The van der Waals surface area contributed by atoms with Crippen LogP contribution in [0.1, 0.15) is 46.1 Å². The molecule has 0 aliphatic rings. The second kappa shape index (κ2) is 4.78. The fourth-order valence-corrected chi connectivity index (χ4v) is 1.43. The minimum Gasteiger partial charge on any atom is -0.508 e. The van der Waals surface area contributed by atoms with E-state index in [1.807, 2.05) is 46.8 Å². The second-order valence-electron chi connectivity index (χ2n) is 5.63. The maximum absolute atomic E-state index is 11.8. The molecule has 1 amide bonds. The van der Waals surface area contributed by atoms with Crippen molar-refractivity contribution in [3.05, 3.63) is 23.8 Å². The van der Waals surface area contributed by atoms with E-state index >= 15 is 0 Å².